The van der Waals surface area contributed by atoms with Gasteiger partial charge in [0.05, 0.1) is 12.7 Å². The van der Waals surface area contributed by atoms with Gasteiger partial charge in [0, 0.05) is 24.7 Å². The summed E-state index contributed by atoms with van der Waals surface area (Å²) in [5.41, 5.74) is 0.481. The Morgan fingerprint density at radius 3 is 3.10 bits per heavy atom. The molecule has 5 nitrogen and oxygen atoms in total. The van der Waals surface area contributed by atoms with Crippen LogP contribution in [-0.2, 0) is 4.79 Å². The number of rotatable bonds is 5. The van der Waals surface area contributed by atoms with E-state index in [2.05, 4.69) is 5.32 Å². The zero-order chi connectivity index (χ0) is 15.2. The number of likely N-dealkylation sites (tertiary alicyclic amines) is 1. The highest BCUT2D eigenvalue weighted by molar-refractivity contribution is 6.31. The Bertz CT molecular complexity index is 522. The first-order valence-electron chi connectivity index (χ1n) is 6.95. The number of ether oxygens (including phenoxy) is 1. The third-order valence-corrected chi connectivity index (χ3v) is 3.92. The lowest BCUT2D eigenvalue weighted by atomic mass is 9.97. The highest BCUT2D eigenvalue weighted by Crippen LogP contribution is 2.26. The monoisotopic (exact) mass is 310 g/mol. The molecule has 0 saturated carbocycles. The minimum atomic E-state index is -0.0786. The maximum Gasteiger partial charge on any atom is 0.257 e. The van der Waals surface area contributed by atoms with Crippen LogP contribution in [-0.4, -0.2) is 44.0 Å². The molecule has 0 bridgehead atoms. The van der Waals surface area contributed by atoms with Gasteiger partial charge in [-0.15, -0.1) is 0 Å². The van der Waals surface area contributed by atoms with Crippen LogP contribution in [0.1, 0.15) is 23.2 Å². The molecule has 1 aromatic rings. The summed E-state index contributed by atoms with van der Waals surface area (Å²) in [4.78, 5) is 24.8. The van der Waals surface area contributed by atoms with Crippen LogP contribution in [0, 0.1) is 5.92 Å². The first kappa shape index (κ1) is 15.6. The van der Waals surface area contributed by atoms with E-state index < -0.39 is 0 Å². The van der Waals surface area contributed by atoms with Gasteiger partial charge in [-0.25, -0.2) is 0 Å². The third kappa shape index (κ3) is 3.88. The molecule has 6 heteroatoms. The number of nitrogens with one attached hydrogen (secondary N) is 1. The van der Waals surface area contributed by atoms with Crippen LogP contribution in [0.3, 0.4) is 0 Å². The van der Waals surface area contributed by atoms with E-state index in [0.29, 0.717) is 42.4 Å². The molecule has 0 spiro atoms. The zero-order valence-corrected chi connectivity index (χ0v) is 12.7. The Balaban J connectivity index is 2.12. The Morgan fingerprint density at radius 1 is 1.57 bits per heavy atom. The number of nitrogens with zero attached hydrogens (tertiary/aromatic N) is 1. The molecule has 0 radical (unpaired) electrons. The summed E-state index contributed by atoms with van der Waals surface area (Å²) in [5, 5.41) is 3.19. The Labute approximate surface area is 129 Å². The van der Waals surface area contributed by atoms with E-state index in [1.54, 1.807) is 23.1 Å². The van der Waals surface area contributed by atoms with Crippen molar-refractivity contribution in [2.45, 2.75) is 12.8 Å². The number of hydrogen-bond acceptors (Lipinski definition) is 3. The Kier molecular flexibility index (Phi) is 5.44. The lowest BCUT2D eigenvalue weighted by Crippen LogP contribution is -2.42. The average Bonchev–Trinajstić information content (AvgIpc) is 2.52. The van der Waals surface area contributed by atoms with Crippen molar-refractivity contribution >= 4 is 23.9 Å². The Morgan fingerprint density at radius 2 is 2.38 bits per heavy atom. The van der Waals surface area contributed by atoms with Crippen molar-refractivity contribution in [3.8, 4) is 5.75 Å². The topological polar surface area (TPSA) is 58.6 Å². The van der Waals surface area contributed by atoms with Gasteiger partial charge in [-0.2, -0.15) is 0 Å². The Hall–Kier alpha value is -1.75. The van der Waals surface area contributed by atoms with Crippen LogP contribution in [0.5, 0.6) is 5.75 Å². The number of halogens is 1. The van der Waals surface area contributed by atoms with Crippen molar-refractivity contribution in [1.82, 2.24) is 10.2 Å². The molecule has 2 amide bonds. The summed E-state index contributed by atoms with van der Waals surface area (Å²) in [6, 6.07) is 5.03. The van der Waals surface area contributed by atoms with Crippen molar-refractivity contribution in [2.24, 2.45) is 5.92 Å². The van der Waals surface area contributed by atoms with Crippen molar-refractivity contribution in [3.63, 3.8) is 0 Å². The number of carbonyl (C=O) groups excluding carboxylic acids is 2. The molecule has 1 saturated heterocycles. The van der Waals surface area contributed by atoms with Crippen molar-refractivity contribution in [1.29, 1.82) is 0 Å². The number of piperidine rings is 1. The number of amides is 2. The molecule has 1 aromatic carbocycles. The molecule has 2 rings (SSSR count). The predicted octanol–water partition coefficient (Wildman–Crippen LogP) is 1.95. The van der Waals surface area contributed by atoms with Crippen molar-refractivity contribution < 1.29 is 14.3 Å². The lowest BCUT2D eigenvalue weighted by Gasteiger charge is -2.33. The summed E-state index contributed by atoms with van der Waals surface area (Å²) < 4.78 is 5.24. The molecule has 1 fully saturated rings. The summed E-state index contributed by atoms with van der Waals surface area (Å²) in [5.74, 6) is 0.737. The highest BCUT2D eigenvalue weighted by Gasteiger charge is 2.26. The number of carbonyl (C=O) groups is 2. The van der Waals surface area contributed by atoms with E-state index in [1.807, 2.05) is 0 Å². The van der Waals surface area contributed by atoms with Crippen LogP contribution >= 0.6 is 11.6 Å². The quantitative estimate of drug-likeness (QED) is 0.846. The predicted molar refractivity (Wildman–Crippen MR) is 80.7 cm³/mol. The van der Waals surface area contributed by atoms with Crippen molar-refractivity contribution in [2.75, 3.05) is 26.7 Å². The normalized spacial score (nSPS) is 18.2. The fraction of sp³-hybridized carbons (Fsp3) is 0.467. The fourth-order valence-corrected chi connectivity index (χ4v) is 2.82. The van der Waals surface area contributed by atoms with Crippen LogP contribution in [0.25, 0.3) is 0 Å². The van der Waals surface area contributed by atoms with E-state index in [1.165, 1.54) is 7.11 Å². The van der Waals surface area contributed by atoms with Gasteiger partial charge in [-0.3, -0.25) is 9.59 Å². The van der Waals surface area contributed by atoms with E-state index in [4.69, 9.17) is 16.3 Å². The van der Waals surface area contributed by atoms with Gasteiger partial charge >= 0.3 is 0 Å². The maximum absolute atomic E-state index is 12.6. The van der Waals surface area contributed by atoms with E-state index in [9.17, 15) is 9.59 Å². The maximum atomic E-state index is 12.6. The summed E-state index contributed by atoms with van der Waals surface area (Å²) in [6.45, 7) is 1.95. The minimum Gasteiger partial charge on any atom is -0.496 e. The molecular weight excluding hydrogens is 292 g/mol. The van der Waals surface area contributed by atoms with Crippen LogP contribution in [0.2, 0.25) is 5.02 Å². The second-order valence-corrected chi connectivity index (χ2v) is 5.57. The minimum absolute atomic E-state index is 0.0786. The molecule has 1 heterocycles. The van der Waals surface area contributed by atoms with Gasteiger partial charge in [-0.05, 0) is 37.0 Å². The van der Waals surface area contributed by atoms with E-state index in [0.717, 1.165) is 12.8 Å². The average molecular weight is 311 g/mol. The number of benzene rings is 1. The standard InChI is InChI=1S/C15H19ClN2O3/c1-21-14-5-4-12(16)7-13(14)15(20)18-6-2-3-11(9-18)8-17-10-19/h4-5,7,10-11H,2-3,6,8-9H2,1H3,(H,17,19). The van der Waals surface area contributed by atoms with Crippen LogP contribution in [0.4, 0.5) is 0 Å². The third-order valence-electron chi connectivity index (χ3n) is 3.69. The largest absolute Gasteiger partial charge is 0.496 e. The van der Waals surface area contributed by atoms with Gasteiger partial charge in [0.25, 0.3) is 5.91 Å². The molecule has 21 heavy (non-hydrogen) atoms. The first-order chi connectivity index (χ1) is 10.2. The smallest absolute Gasteiger partial charge is 0.257 e. The van der Waals surface area contributed by atoms with E-state index in [-0.39, 0.29) is 11.8 Å². The second-order valence-electron chi connectivity index (χ2n) is 5.13. The molecule has 0 aliphatic carbocycles. The molecular formula is C15H19ClN2O3. The summed E-state index contributed by atoms with van der Waals surface area (Å²) in [6.07, 6.45) is 2.64. The SMILES string of the molecule is COc1ccc(Cl)cc1C(=O)N1CCCC(CNC=O)C1. The molecule has 0 aromatic heterocycles. The molecule has 1 aliphatic heterocycles. The molecule has 1 atom stereocenters. The molecule has 1 unspecified atom stereocenters. The van der Waals surface area contributed by atoms with Gasteiger partial charge in [0.15, 0.2) is 0 Å². The fourth-order valence-electron chi connectivity index (χ4n) is 2.65. The second kappa shape index (κ2) is 7.31. The van der Waals surface area contributed by atoms with Gasteiger partial charge in [-0.1, -0.05) is 11.6 Å². The number of hydrogen-bond donors (Lipinski definition) is 1. The lowest BCUT2D eigenvalue weighted by molar-refractivity contribution is -0.109. The molecule has 114 valence electrons. The van der Waals surface area contributed by atoms with Gasteiger partial charge in [0.1, 0.15) is 5.75 Å². The van der Waals surface area contributed by atoms with Crippen LogP contribution in [0.15, 0.2) is 18.2 Å². The van der Waals surface area contributed by atoms with Gasteiger partial charge in [0.2, 0.25) is 6.41 Å². The first-order valence-corrected chi connectivity index (χ1v) is 7.33. The molecule has 1 N–H and O–H groups in total. The van der Waals surface area contributed by atoms with Gasteiger partial charge < -0.3 is 15.0 Å². The summed E-state index contributed by atoms with van der Waals surface area (Å²) >= 11 is 5.98. The highest BCUT2D eigenvalue weighted by atomic mass is 35.5. The zero-order valence-electron chi connectivity index (χ0n) is 12.0. The van der Waals surface area contributed by atoms with E-state index >= 15 is 0 Å². The van der Waals surface area contributed by atoms with Crippen LogP contribution < -0.4 is 10.1 Å². The summed E-state index contributed by atoms with van der Waals surface area (Å²) in [7, 11) is 1.53. The molecule has 1 aliphatic rings. The number of methoxy groups -OCH3 is 1. The van der Waals surface area contributed by atoms with Crippen molar-refractivity contribution in [3.05, 3.63) is 28.8 Å².